The zero-order chi connectivity index (χ0) is 19.5. The summed E-state index contributed by atoms with van der Waals surface area (Å²) in [6, 6.07) is 13.6. The topological polar surface area (TPSA) is 71.7 Å². The van der Waals surface area contributed by atoms with Crippen molar-refractivity contribution >= 4 is 28.9 Å². The van der Waals surface area contributed by atoms with E-state index in [2.05, 4.69) is 21.7 Å². The zero-order valence-corrected chi connectivity index (χ0v) is 15.9. The smallest absolute Gasteiger partial charge is 0.244 e. The van der Waals surface area contributed by atoms with Crippen molar-refractivity contribution in [1.82, 2.24) is 21.3 Å². The van der Waals surface area contributed by atoms with E-state index in [0.29, 0.717) is 36.9 Å². The van der Waals surface area contributed by atoms with Gasteiger partial charge in [0, 0.05) is 36.9 Å². The van der Waals surface area contributed by atoms with E-state index in [9.17, 15) is 9.18 Å². The number of para-hydroxylation sites is 1. The number of hydrogen-bond acceptors (Lipinski definition) is 6. The quantitative estimate of drug-likeness (QED) is 0.620. The lowest BCUT2D eigenvalue weighted by atomic mass is 10.1. The van der Waals surface area contributed by atoms with Gasteiger partial charge in [-0.15, -0.1) is 0 Å². The number of carbonyl (C=O) groups excluding carboxylic acids is 1. The van der Waals surface area contributed by atoms with Gasteiger partial charge in [0.25, 0.3) is 0 Å². The van der Waals surface area contributed by atoms with Crippen molar-refractivity contribution in [2.45, 2.75) is 12.2 Å². The van der Waals surface area contributed by atoms with Crippen LogP contribution in [0.3, 0.4) is 0 Å². The number of amides is 1. The standard InChI is InChI=1S/C19H22ClFN6O/c20-13-4-3-5-14(12-13)22-18-17(23-25-24-18)19(28)27-10-8-26(9-11-27)16-7-2-1-6-15(16)21/h1-7,12,17-18,22-25H,8-11H2. The van der Waals surface area contributed by atoms with Crippen LogP contribution in [-0.2, 0) is 4.79 Å². The van der Waals surface area contributed by atoms with Gasteiger partial charge in [0.05, 0.1) is 5.69 Å². The number of nitrogens with zero attached hydrogens (tertiary/aromatic N) is 2. The van der Waals surface area contributed by atoms with Gasteiger partial charge in [-0.25, -0.2) is 15.2 Å². The molecular weight excluding hydrogens is 383 g/mol. The molecule has 2 atom stereocenters. The van der Waals surface area contributed by atoms with Gasteiger partial charge >= 0.3 is 0 Å². The summed E-state index contributed by atoms with van der Waals surface area (Å²) in [5.74, 6) is -0.260. The third kappa shape index (κ3) is 4.05. The molecule has 1 amide bonds. The Morgan fingerprint density at radius 2 is 1.86 bits per heavy atom. The van der Waals surface area contributed by atoms with E-state index in [1.165, 1.54) is 6.07 Å². The van der Waals surface area contributed by atoms with E-state index >= 15 is 0 Å². The molecule has 2 aromatic rings. The second-order valence-corrected chi connectivity index (χ2v) is 7.22. The van der Waals surface area contributed by atoms with Crippen molar-refractivity contribution in [1.29, 1.82) is 0 Å². The van der Waals surface area contributed by atoms with E-state index in [1.807, 2.05) is 23.1 Å². The average molecular weight is 405 g/mol. The minimum absolute atomic E-state index is 0.0230. The third-order valence-corrected chi connectivity index (χ3v) is 5.22. The minimum Gasteiger partial charge on any atom is -0.367 e. The Morgan fingerprint density at radius 1 is 1.07 bits per heavy atom. The van der Waals surface area contributed by atoms with Crippen molar-refractivity contribution in [3.05, 3.63) is 59.4 Å². The number of rotatable bonds is 4. The molecule has 2 saturated heterocycles. The van der Waals surface area contributed by atoms with E-state index in [0.717, 1.165) is 5.69 Å². The Bertz CT molecular complexity index is 845. The molecule has 2 heterocycles. The van der Waals surface area contributed by atoms with E-state index < -0.39 is 6.04 Å². The molecule has 4 rings (SSSR count). The lowest BCUT2D eigenvalue weighted by Gasteiger charge is -2.37. The molecule has 28 heavy (non-hydrogen) atoms. The fourth-order valence-corrected chi connectivity index (χ4v) is 3.71. The summed E-state index contributed by atoms with van der Waals surface area (Å²) in [6.45, 7) is 2.25. The number of hydrogen-bond donors (Lipinski definition) is 4. The zero-order valence-electron chi connectivity index (χ0n) is 15.2. The van der Waals surface area contributed by atoms with Gasteiger partial charge in [0.2, 0.25) is 5.91 Å². The summed E-state index contributed by atoms with van der Waals surface area (Å²) >= 11 is 6.03. The van der Waals surface area contributed by atoms with Gasteiger partial charge in [-0.05, 0) is 30.3 Å². The van der Waals surface area contributed by atoms with Crippen molar-refractivity contribution in [2.24, 2.45) is 0 Å². The van der Waals surface area contributed by atoms with Crippen LogP contribution in [0.4, 0.5) is 15.8 Å². The average Bonchev–Trinajstić information content (AvgIpc) is 3.16. The van der Waals surface area contributed by atoms with E-state index in [4.69, 9.17) is 11.6 Å². The number of hydrazine groups is 2. The second-order valence-electron chi connectivity index (χ2n) is 6.79. The Kier molecular flexibility index (Phi) is 5.63. The monoisotopic (exact) mass is 404 g/mol. The van der Waals surface area contributed by atoms with Crippen LogP contribution in [0.15, 0.2) is 48.5 Å². The highest BCUT2D eigenvalue weighted by atomic mass is 35.5. The van der Waals surface area contributed by atoms with Crippen molar-refractivity contribution in [3.8, 4) is 0 Å². The van der Waals surface area contributed by atoms with Gasteiger partial charge in [-0.3, -0.25) is 4.79 Å². The molecule has 148 valence electrons. The summed E-state index contributed by atoms with van der Waals surface area (Å²) < 4.78 is 14.0. The normalized spacial score (nSPS) is 22.4. The number of anilines is 2. The molecule has 0 aliphatic carbocycles. The van der Waals surface area contributed by atoms with Crippen LogP contribution in [0, 0.1) is 5.82 Å². The van der Waals surface area contributed by atoms with E-state index in [1.54, 1.807) is 29.2 Å². The maximum absolute atomic E-state index is 14.0. The summed E-state index contributed by atoms with van der Waals surface area (Å²) in [6.07, 6.45) is -0.337. The summed E-state index contributed by atoms with van der Waals surface area (Å²) in [5, 5.41) is 3.89. The first-order valence-corrected chi connectivity index (χ1v) is 9.56. The number of carbonyl (C=O) groups is 1. The number of benzene rings is 2. The summed E-state index contributed by atoms with van der Waals surface area (Å²) in [4.78, 5) is 16.8. The molecule has 2 fully saturated rings. The van der Waals surface area contributed by atoms with Crippen molar-refractivity contribution in [2.75, 3.05) is 36.4 Å². The highest BCUT2D eigenvalue weighted by Crippen LogP contribution is 2.21. The summed E-state index contributed by atoms with van der Waals surface area (Å²) in [7, 11) is 0. The van der Waals surface area contributed by atoms with Gasteiger partial charge in [-0.2, -0.15) is 5.53 Å². The highest BCUT2D eigenvalue weighted by Gasteiger charge is 2.36. The lowest BCUT2D eigenvalue weighted by Crippen LogP contribution is -2.57. The molecular formula is C19H22ClFN6O. The van der Waals surface area contributed by atoms with Gasteiger partial charge in [0.1, 0.15) is 18.0 Å². The Hall–Kier alpha value is -2.39. The molecule has 0 radical (unpaired) electrons. The fraction of sp³-hybridized carbons (Fsp3) is 0.316. The largest absolute Gasteiger partial charge is 0.367 e. The molecule has 2 aliphatic heterocycles. The molecule has 2 aliphatic rings. The van der Waals surface area contributed by atoms with Crippen LogP contribution < -0.4 is 26.6 Å². The van der Waals surface area contributed by atoms with Crippen LogP contribution >= 0.6 is 11.6 Å². The molecule has 4 N–H and O–H groups in total. The SMILES string of the molecule is O=C(C1NNNC1Nc1cccc(Cl)c1)N1CCN(c2ccccc2F)CC1. The predicted molar refractivity (Wildman–Crippen MR) is 107 cm³/mol. The molecule has 7 nitrogen and oxygen atoms in total. The molecule has 9 heteroatoms. The van der Waals surface area contributed by atoms with E-state index in [-0.39, 0.29) is 17.9 Å². The summed E-state index contributed by atoms with van der Waals surface area (Å²) in [5.41, 5.74) is 10.2. The van der Waals surface area contributed by atoms with Gasteiger partial charge in [0.15, 0.2) is 0 Å². The van der Waals surface area contributed by atoms with Crippen molar-refractivity contribution in [3.63, 3.8) is 0 Å². The molecule has 0 saturated carbocycles. The van der Waals surface area contributed by atoms with Crippen LogP contribution in [-0.4, -0.2) is 49.2 Å². The van der Waals surface area contributed by atoms with Crippen LogP contribution in [0.1, 0.15) is 0 Å². The molecule has 2 aromatic carbocycles. The van der Waals surface area contributed by atoms with Crippen molar-refractivity contribution < 1.29 is 9.18 Å². The highest BCUT2D eigenvalue weighted by molar-refractivity contribution is 6.30. The predicted octanol–water partition coefficient (Wildman–Crippen LogP) is 1.55. The fourth-order valence-electron chi connectivity index (χ4n) is 3.52. The number of piperazine rings is 1. The maximum Gasteiger partial charge on any atom is 0.244 e. The number of halogens is 2. The minimum atomic E-state index is -0.487. The van der Waals surface area contributed by atoms with Crippen LogP contribution in [0.2, 0.25) is 5.02 Å². The molecule has 2 unspecified atom stereocenters. The third-order valence-electron chi connectivity index (χ3n) is 4.99. The Labute approximate surface area is 167 Å². The van der Waals surface area contributed by atoms with Gasteiger partial charge in [-0.1, -0.05) is 29.8 Å². The Balaban J connectivity index is 1.37. The number of nitrogens with one attached hydrogen (secondary N) is 4. The molecule has 0 aromatic heterocycles. The molecule has 0 spiro atoms. The van der Waals surface area contributed by atoms with Crippen LogP contribution in [0.25, 0.3) is 0 Å². The first-order valence-electron chi connectivity index (χ1n) is 9.18. The first kappa shape index (κ1) is 18.9. The van der Waals surface area contributed by atoms with Crippen LogP contribution in [0.5, 0.6) is 0 Å². The molecule has 0 bridgehead atoms. The Morgan fingerprint density at radius 3 is 2.61 bits per heavy atom. The second kappa shape index (κ2) is 8.32. The maximum atomic E-state index is 14.0. The first-order chi connectivity index (χ1) is 13.6. The lowest BCUT2D eigenvalue weighted by molar-refractivity contribution is -0.133. The van der Waals surface area contributed by atoms with Gasteiger partial charge < -0.3 is 15.1 Å².